The molecular weight excluding hydrogens is 520 g/mol. The molecule has 0 fully saturated rings. The van der Waals surface area contributed by atoms with Crippen molar-refractivity contribution in [3.05, 3.63) is 158 Å². The molecule has 0 aliphatic rings. The number of fused-ring (bicyclic) bond motifs is 6. The van der Waals surface area contributed by atoms with Crippen molar-refractivity contribution in [1.29, 1.82) is 0 Å². The van der Waals surface area contributed by atoms with Crippen molar-refractivity contribution in [3.8, 4) is 33.4 Å². The zero-order chi connectivity index (χ0) is 34.4. The van der Waals surface area contributed by atoms with Crippen molar-refractivity contribution < 1.29 is 14.0 Å². The zero-order valence-electron chi connectivity index (χ0n) is 29.9. The second-order valence-electron chi connectivity index (χ2n) is 10.7. The highest BCUT2D eigenvalue weighted by Crippen LogP contribution is 2.47. The molecule has 0 radical (unpaired) electrons. The minimum atomic E-state index is -0.456. The lowest BCUT2D eigenvalue weighted by atomic mass is 9.83. The highest BCUT2D eigenvalue weighted by molar-refractivity contribution is 6.24. The first-order valence-electron chi connectivity index (χ1n) is 17.7. The van der Waals surface area contributed by atoms with Crippen LogP contribution in [-0.2, 0) is 0 Å². The number of rotatable bonds is 3. The number of hydrogen-bond donors (Lipinski definition) is 0. The molecule has 200 valence electrons. The van der Waals surface area contributed by atoms with E-state index >= 15 is 0 Å². The standard InChI is InChI=1S/C42H26O/c1-2-12-27(13-3-1)30-24-28-14-4-5-15-31(28)38(26-30)42-35-19-8-6-17-33(35)41(34-18-7-9-20-36(34)42)29-22-23-40-37(25-29)32-16-10-11-21-39(32)43-40/h1-26H/i10D,11D,16D,21D,22D,23D,25D. The van der Waals surface area contributed by atoms with Crippen molar-refractivity contribution in [2.45, 2.75) is 0 Å². The Bertz CT molecular complexity index is 2840. The molecule has 0 N–H and O–H groups in total. The van der Waals surface area contributed by atoms with Crippen molar-refractivity contribution in [1.82, 2.24) is 0 Å². The predicted molar refractivity (Wildman–Crippen MR) is 183 cm³/mol. The van der Waals surface area contributed by atoms with Gasteiger partial charge in [-0.3, -0.25) is 0 Å². The molecule has 0 atom stereocenters. The second-order valence-corrected chi connectivity index (χ2v) is 10.7. The summed E-state index contributed by atoms with van der Waals surface area (Å²) in [6, 6.07) is 36.7. The van der Waals surface area contributed by atoms with E-state index in [1.165, 1.54) is 0 Å². The molecule has 1 nitrogen and oxygen atoms in total. The minimum absolute atomic E-state index is 0.0418. The van der Waals surface area contributed by atoms with Gasteiger partial charge in [0.05, 0.1) is 9.60 Å². The van der Waals surface area contributed by atoms with Crippen molar-refractivity contribution in [2.24, 2.45) is 0 Å². The van der Waals surface area contributed by atoms with Crippen molar-refractivity contribution >= 4 is 54.3 Å². The Kier molecular flexibility index (Phi) is 3.95. The maximum Gasteiger partial charge on any atom is 0.135 e. The summed E-state index contributed by atoms with van der Waals surface area (Å²) in [5.41, 5.74) is 4.85. The lowest BCUT2D eigenvalue weighted by Crippen LogP contribution is -1.92. The Labute approximate surface area is 259 Å². The van der Waals surface area contributed by atoms with Crippen LogP contribution in [0.5, 0.6) is 0 Å². The molecule has 8 aromatic carbocycles. The van der Waals surface area contributed by atoms with Crippen LogP contribution in [0.2, 0.25) is 0 Å². The average molecular weight is 554 g/mol. The molecule has 9 rings (SSSR count). The number of hydrogen-bond acceptors (Lipinski definition) is 1. The van der Waals surface area contributed by atoms with Gasteiger partial charge in [0.25, 0.3) is 0 Å². The smallest absolute Gasteiger partial charge is 0.135 e. The largest absolute Gasteiger partial charge is 0.456 e. The quantitative estimate of drug-likeness (QED) is 0.198. The average Bonchev–Trinajstić information content (AvgIpc) is 3.57. The van der Waals surface area contributed by atoms with Crippen LogP contribution in [0.4, 0.5) is 0 Å². The molecule has 0 saturated heterocycles. The molecule has 1 heterocycles. The third kappa shape index (κ3) is 3.72. The summed E-state index contributed by atoms with van der Waals surface area (Å²) < 4.78 is 67.5. The van der Waals surface area contributed by atoms with Crippen LogP contribution in [-0.4, -0.2) is 0 Å². The molecule has 0 unspecified atom stereocenters. The second kappa shape index (κ2) is 9.44. The first kappa shape index (κ1) is 18.0. The van der Waals surface area contributed by atoms with Gasteiger partial charge in [-0.05, 0) is 96.0 Å². The summed E-state index contributed by atoms with van der Waals surface area (Å²) in [7, 11) is 0. The van der Waals surface area contributed by atoms with E-state index in [0.29, 0.717) is 5.56 Å². The Balaban J connectivity index is 1.45. The predicted octanol–water partition coefficient (Wildman–Crippen LogP) is 12.0. The van der Waals surface area contributed by atoms with Gasteiger partial charge in [-0.15, -0.1) is 0 Å². The number of furan rings is 1. The van der Waals surface area contributed by atoms with Gasteiger partial charge in [-0.2, -0.15) is 0 Å². The van der Waals surface area contributed by atoms with Crippen molar-refractivity contribution in [3.63, 3.8) is 0 Å². The van der Waals surface area contributed by atoms with Gasteiger partial charge >= 0.3 is 0 Å². The topological polar surface area (TPSA) is 13.1 Å². The number of para-hydroxylation sites is 1. The number of benzene rings is 8. The summed E-state index contributed by atoms with van der Waals surface area (Å²) in [6.45, 7) is 0. The van der Waals surface area contributed by atoms with Gasteiger partial charge in [0.2, 0.25) is 0 Å². The summed E-state index contributed by atoms with van der Waals surface area (Å²) >= 11 is 0. The van der Waals surface area contributed by atoms with E-state index in [-0.39, 0.29) is 57.7 Å². The molecule has 0 aliphatic carbocycles. The Morgan fingerprint density at radius 3 is 1.77 bits per heavy atom. The highest BCUT2D eigenvalue weighted by atomic mass is 16.3. The van der Waals surface area contributed by atoms with E-state index in [4.69, 9.17) is 11.3 Å². The molecule has 0 aliphatic heterocycles. The molecule has 0 saturated carbocycles. The van der Waals surface area contributed by atoms with Crippen LogP contribution in [0.3, 0.4) is 0 Å². The maximum absolute atomic E-state index is 9.59. The van der Waals surface area contributed by atoms with Gasteiger partial charge in [-0.1, -0.05) is 127 Å². The maximum atomic E-state index is 9.59. The molecular formula is C42H26O. The van der Waals surface area contributed by atoms with Crippen LogP contribution in [0.15, 0.2) is 162 Å². The lowest BCUT2D eigenvalue weighted by Gasteiger charge is -2.19. The first-order valence-corrected chi connectivity index (χ1v) is 14.2. The SMILES string of the molecule is [2H]c1c([2H])c([2H])c2c(oc3c([2H])c([2H])c(-c4c5ccccc5c(-c5cc(-c6ccccc6)cc6ccccc56)c5ccccc45)c([2H])c32)c1[2H]. The Morgan fingerprint density at radius 2 is 1.02 bits per heavy atom. The van der Waals surface area contributed by atoms with Gasteiger partial charge in [-0.25, -0.2) is 0 Å². The van der Waals surface area contributed by atoms with Gasteiger partial charge in [0.1, 0.15) is 11.2 Å². The molecule has 0 bridgehead atoms. The van der Waals surface area contributed by atoms with E-state index < -0.39 is 12.1 Å². The van der Waals surface area contributed by atoms with Crippen LogP contribution >= 0.6 is 0 Å². The summed E-state index contributed by atoms with van der Waals surface area (Å²) in [5.74, 6) is 0. The molecule has 0 spiro atoms. The molecule has 9 aromatic rings. The third-order valence-corrected chi connectivity index (χ3v) is 8.31. The minimum Gasteiger partial charge on any atom is -0.456 e. The Morgan fingerprint density at radius 1 is 0.419 bits per heavy atom. The van der Waals surface area contributed by atoms with E-state index in [1.54, 1.807) is 0 Å². The Hall–Kier alpha value is -5.66. The fraction of sp³-hybridized carbons (Fsp3) is 0. The van der Waals surface area contributed by atoms with Crippen LogP contribution in [0.1, 0.15) is 9.60 Å². The summed E-state index contributed by atoms with van der Waals surface area (Å²) in [5, 5.41) is 5.76. The molecule has 1 heteroatoms. The first-order chi connectivity index (χ1) is 24.3. The summed E-state index contributed by atoms with van der Waals surface area (Å²) in [4.78, 5) is 0. The van der Waals surface area contributed by atoms with Crippen molar-refractivity contribution in [2.75, 3.05) is 0 Å². The van der Waals surface area contributed by atoms with Gasteiger partial charge in [0, 0.05) is 10.8 Å². The van der Waals surface area contributed by atoms with E-state index in [0.717, 1.165) is 54.6 Å². The monoisotopic (exact) mass is 553 g/mol. The lowest BCUT2D eigenvalue weighted by molar-refractivity contribution is 0.669. The van der Waals surface area contributed by atoms with E-state index in [2.05, 4.69) is 48.5 Å². The van der Waals surface area contributed by atoms with Gasteiger partial charge < -0.3 is 4.42 Å². The van der Waals surface area contributed by atoms with Crippen LogP contribution in [0, 0.1) is 0 Å². The molecule has 43 heavy (non-hydrogen) atoms. The zero-order valence-corrected chi connectivity index (χ0v) is 22.9. The van der Waals surface area contributed by atoms with E-state index in [9.17, 15) is 2.74 Å². The normalized spacial score (nSPS) is 14.0. The molecule has 0 amide bonds. The third-order valence-electron chi connectivity index (χ3n) is 8.31. The van der Waals surface area contributed by atoms with E-state index in [1.807, 2.05) is 66.7 Å². The fourth-order valence-corrected chi connectivity index (χ4v) is 6.43. The highest BCUT2D eigenvalue weighted by Gasteiger charge is 2.19. The van der Waals surface area contributed by atoms with Crippen LogP contribution < -0.4 is 0 Å². The molecule has 1 aromatic heterocycles. The van der Waals surface area contributed by atoms with Crippen LogP contribution in [0.25, 0.3) is 87.6 Å². The van der Waals surface area contributed by atoms with Gasteiger partial charge in [0.15, 0.2) is 0 Å². The fourth-order valence-electron chi connectivity index (χ4n) is 6.43. The summed E-state index contributed by atoms with van der Waals surface area (Å²) in [6.07, 6.45) is 0.